The molecule has 0 aliphatic rings. The van der Waals surface area contributed by atoms with E-state index in [1.165, 1.54) is 218 Å². The van der Waals surface area contributed by atoms with E-state index in [-0.39, 0.29) is 75.2 Å². The fourth-order valence-electron chi connectivity index (χ4n) is 7.86. The van der Waals surface area contributed by atoms with E-state index in [0.29, 0.717) is 12.8 Å². The number of rotatable bonds is 50. The number of carboxylic acids is 2. The van der Waals surface area contributed by atoms with Gasteiger partial charge < -0.3 is 19.8 Å². The van der Waals surface area contributed by atoms with Gasteiger partial charge >= 0.3 is 37.7 Å². The first-order valence-electron chi connectivity index (χ1n) is 26.3. The minimum Gasteiger partial charge on any atom is -0.550 e. The molecular weight excluding hydrogens is 861 g/mol. The van der Waals surface area contributed by atoms with Crippen LogP contribution in [0, 0.1) is 0 Å². The van der Waals surface area contributed by atoms with Gasteiger partial charge in [0.15, 0.2) is 0 Å². The summed E-state index contributed by atoms with van der Waals surface area (Å²) in [7, 11) is -6.68. The summed E-state index contributed by atoms with van der Waals surface area (Å²) in [5.74, 6) is -2.30. The molecule has 0 aromatic heterocycles. The Bertz CT molecular complexity index is 1080. The van der Waals surface area contributed by atoms with Crippen molar-refractivity contribution < 1.29 is 36.6 Å². The van der Waals surface area contributed by atoms with Crippen molar-refractivity contribution in [1.29, 1.82) is 0 Å². The van der Waals surface area contributed by atoms with Gasteiger partial charge in [-0.3, -0.25) is 0 Å². The van der Waals surface area contributed by atoms with E-state index in [4.69, 9.17) is 0 Å². The molecule has 13 heteroatoms. The first-order valence-corrected chi connectivity index (χ1v) is 29.6. The second-order valence-electron chi connectivity index (χ2n) is 18.1. The molecule has 2 N–H and O–H groups in total. The fourth-order valence-corrected chi connectivity index (χ4v) is 10.1. The van der Waals surface area contributed by atoms with Gasteiger partial charge in [0, 0.05) is 37.9 Å². The molecule has 0 aliphatic carbocycles. The normalized spacial score (nSPS) is 11.6. The van der Waals surface area contributed by atoms with Gasteiger partial charge in [-0.1, -0.05) is 258 Å². The van der Waals surface area contributed by atoms with E-state index in [0.717, 1.165) is 25.7 Å². The van der Waals surface area contributed by atoms with Crippen molar-refractivity contribution in [3.05, 3.63) is 0 Å². The van der Waals surface area contributed by atoms with Crippen LogP contribution in [0.3, 0.4) is 0 Å². The third-order valence-corrected chi connectivity index (χ3v) is 14.8. The molecule has 0 rings (SSSR count). The summed E-state index contributed by atoms with van der Waals surface area (Å²) in [5.41, 5.74) is 0. The Morgan fingerprint density at radius 1 is 0.317 bits per heavy atom. The topological polar surface area (TPSA) is 173 Å². The maximum Gasteiger partial charge on any atom is 2.00 e. The van der Waals surface area contributed by atoms with E-state index in [1.807, 2.05) is 0 Å². The summed E-state index contributed by atoms with van der Waals surface area (Å²) >= 11 is 0. The summed E-state index contributed by atoms with van der Waals surface area (Å²) < 4.78 is 51.3. The average molecular weight is 962 g/mol. The van der Waals surface area contributed by atoms with Crippen LogP contribution in [0.5, 0.6) is 0 Å². The second-order valence-corrected chi connectivity index (χ2v) is 22.0. The van der Waals surface area contributed by atoms with Crippen LogP contribution in [0.25, 0.3) is 0 Å². The third-order valence-electron chi connectivity index (χ3n) is 11.8. The van der Waals surface area contributed by atoms with Crippen molar-refractivity contribution in [2.45, 2.75) is 284 Å². The Kier molecular flexibility index (Phi) is 56.6. The van der Waals surface area contributed by atoms with Gasteiger partial charge in [-0.15, -0.1) is 0 Å². The van der Waals surface area contributed by atoms with Crippen molar-refractivity contribution >= 4 is 69.7 Å². The quantitative estimate of drug-likeness (QED) is 0.0448. The van der Waals surface area contributed by atoms with E-state index in [2.05, 4.69) is 23.3 Å². The zero-order chi connectivity index (χ0) is 46.1. The minimum atomic E-state index is -3.34. The minimum absolute atomic E-state index is 0. The number of carboxylic acid groups (broad SMARTS) is 2. The van der Waals surface area contributed by atoms with Crippen molar-refractivity contribution in [3.63, 3.8) is 0 Å². The van der Waals surface area contributed by atoms with Crippen molar-refractivity contribution in [2.24, 2.45) is 0 Å². The number of aliphatic carboxylic acids is 2. The molecule has 0 unspecified atom stereocenters. The zero-order valence-electron chi connectivity index (χ0n) is 41.3. The molecule has 63 heavy (non-hydrogen) atoms. The van der Waals surface area contributed by atoms with E-state index in [1.54, 1.807) is 0 Å². The predicted molar refractivity (Wildman–Crippen MR) is 265 cm³/mol. The number of hydrogen-bond donors (Lipinski definition) is 2. The van der Waals surface area contributed by atoms with Crippen molar-refractivity contribution in [3.8, 4) is 0 Å². The molecule has 0 aromatic rings. The van der Waals surface area contributed by atoms with Gasteiger partial charge in [-0.05, 0) is 12.8 Å². The number of carbonyl (C=O) groups is 2. The Labute approximate surface area is 420 Å². The summed E-state index contributed by atoms with van der Waals surface area (Å²) in [5, 5.41) is 20.6. The monoisotopic (exact) mass is 961 g/mol. The first-order chi connectivity index (χ1) is 30.0. The number of unbranched alkanes of at least 4 members (excludes halogenated alkanes) is 38. The maximum absolute atomic E-state index is 11.7. The summed E-state index contributed by atoms with van der Waals surface area (Å²) in [6.07, 6.45) is 51.3. The van der Waals surface area contributed by atoms with Crippen LogP contribution < -0.4 is 19.7 Å². The molecule has 0 atom stereocenters. The van der Waals surface area contributed by atoms with Crippen LogP contribution in [0.4, 0.5) is 0 Å². The van der Waals surface area contributed by atoms with Gasteiger partial charge in [-0.25, -0.2) is 26.3 Å². The summed E-state index contributed by atoms with van der Waals surface area (Å²) in [6.45, 7) is 4.39. The van der Waals surface area contributed by atoms with Gasteiger partial charge in [0.2, 0.25) is 20.0 Å². The molecule has 0 bridgehead atoms. The average Bonchev–Trinajstić information content (AvgIpc) is 3.22. The predicted octanol–water partition coefficient (Wildman–Crippen LogP) is 11.4. The van der Waals surface area contributed by atoms with Crippen LogP contribution in [0.2, 0.25) is 0 Å². The Hall–Kier alpha value is 0.0197. The molecular formula is C50H100CaN2O8S2. The Balaban J connectivity index is -0.00000112. The molecule has 0 saturated heterocycles. The third kappa shape index (κ3) is 62.0. The van der Waals surface area contributed by atoms with Gasteiger partial charge in [0.1, 0.15) is 0 Å². The largest absolute Gasteiger partial charge is 2.00 e. The molecule has 0 amide bonds. The van der Waals surface area contributed by atoms with Crippen LogP contribution in [-0.2, 0) is 29.6 Å². The molecule has 0 aliphatic heterocycles. The second kappa shape index (κ2) is 53.0. The van der Waals surface area contributed by atoms with Crippen LogP contribution in [-0.4, -0.2) is 91.1 Å². The van der Waals surface area contributed by atoms with Crippen molar-refractivity contribution in [1.82, 2.24) is 9.44 Å². The number of sulfonamides is 2. The smallest absolute Gasteiger partial charge is 0.550 e. The molecule has 10 nitrogen and oxygen atoms in total. The van der Waals surface area contributed by atoms with E-state index >= 15 is 0 Å². The maximum atomic E-state index is 11.7. The van der Waals surface area contributed by atoms with E-state index in [9.17, 15) is 36.6 Å². The standard InChI is InChI=1S/2C25H51NO4S.Ca/c2*1-2-3-4-5-6-7-8-9-10-11-12-13-14-15-16-17-18-19-20-21-24-31(29,30)26-23-22-25(27)28;/h2*26H,2-24H2,1H3,(H,27,28);/q;;+2/p-2. The molecule has 0 heterocycles. The number of nitrogens with one attached hydrogen (secondary N) is 2. The zero-order valence-corrected chi connectivity index (χ0v) is 45.2. The van der Waals surface area contributed by atoms with Crippen LogP contribution in [0.15, 0.2) is 0 Å². The van der Waals surface area contributed by atoms with Gasteiger partial charge in [0.05, 0.1) is 11.5 Å². The molecule has 0 aromatic carbocycles. The number of carbonyl (C=O) groups excluding carboxylic acids is 2. The van der Waals surface area contributed by atoms with Crippen LogP contribution in [0.1, 0.15) is 284 Å². The van der Waals surface area contributed by atoms with E-state index < -0.39 is 32.0 Å². The summed E-state index contributed by atoms with van der Waals surface area (Å²) in [6, 6.07) is 0. The number of hydrogen-bond acceptors (Lipinski definition) is 8. The van der Waals surface area contributed by atoms with Gasteiger partial charge in [0.25, 0.3) is 0 Å². The SMILES string of the molecule is CCCCCCCCCCCCCCCCCCCCCCS(=O)(=O)NCCC(=O)[O-].CCCCCCCCCCCCCCCCCCCCCCS(=O)(=O)NCCC(=O)[O-].[Ca+2]. The molecule has 0 spiro atoms. The summed E-state index contributed by atoms with van der Waals surface area (Å²) in [4.78, 5) is 20.6. The van der Waals surface area contributed by atoms with Gasteiger partial charge in [-0.2, -0.15) is 0 Å². The van der Waals surface area contributed by atoms with Crippen LogP contribution >= 0.6 is 0 Å². The fraction of sp³-hybridized carbons (Fsp3) is 0.960. The molecule has 0 saturated carbocycles. The Morgan fingerprint density at radius 2 is 0.476 bits per heavy atom. The van der Waals surface area contributed by atoms with Crippen molar-refractivity contribution in [2.75, 3.05) is 24.6 Å². The molecule has 0 radical (unpaired) electrons. The first kappa shape index (κ1) is 67.3. The molecule has 0 fully saturated rings. The molecule has 372 valence electrons. The Morgan fingerprint density at radius 3 is 0.635 bits per heavy atom.